The molecule has 0 saturated carbocycles. The molecule has 1 rings (SSSR count). The smallest absolute Gasteiger partial charge is 0.126 e. The van der Waals surface area contributed by atoms with Gasteiger partial charge in [-0.1, -0.05) is 30.4 Å². The minimum absolute atomic E-state index is 0.734. The van der Waals surface area contributed by atoms with Gasteiger partial charge in [0.1, 0.15) is 5.75 Å². The van der Waals surface area contributed by atoms with Crippen molar-refractivity contribution in [1.82, 2.24) is 0 Å². The number of hydrogen-bond acceptors (Lipinski definition) is 2. The van der Waals surface area contributed by atoms with Crippen LogP contribution in [0, 0.1) is 0 Å². The maximum absolute atomic E-state index is 5.63. The molecular weight excluding hydrogens is 192 g/mol. The van der Waals surface area contributed by atoms with Gasteiger partial charge in [-0.25, -0.2) is 0 Å². The Morgan fingerprint density at radius 2 is 2.14 bits per heavy atom. The van der Waals surface area contributed by atoms with Crippen LogP contribution in [0.25, 0.3) is 6.08 Å². The fourth-order valence-corrected chi connectivity index (χ4v) is 1.31. The first-order chi connectivity index (χ1) is 6.88. The minimum Gasteiger partial charge on any atom is -0.493 e. The van der Waals surface area contributed by atoms with Crippen LogP contribution in [0.1, 0.15) is 18.9 Å². The third-order valence-electron chi connectivity index (χ3n) is 1.83. The van der Waals surface area contributed by atoms with Crippen molar-refractivity contribution in [2.75, 3.05) is 12.4 Å². The highest BCUT2D eigenvalue weighted by molar-refractivity contribution is 7.80. The zero-order chi connectivity index (χ0) is 10.2. The van der Waals surface area contributed by atoms with Crippen molar-refractivity contribution in [3.05, 3.63) is 35.9 Å². The number of para-hydroxylation sites is 1. The number of thiol groups is 1. The van der Waals surface area contributed by atoms with Gasteiger partial charge in [0.2, 0.25) is 0 Å². The first kappa shape index (κ1) is 11.2. The highest BCUT2D eigenvalue weighted by atomic mass is 32.1. The van der Waals surface area contributed by atoms with Gasteiger partial charge in [0.15, 0.2) is 0 Å². The molecule has 0 spiro atoms. The summed E-state index contributed by atoms with van der Waals surface area (Å²) in [7, 11) is 0. The lowest BCUT2D eigenvalue weighted by atomic mass is 10.2. The zero-order valence-electron chi connectivity index (χ0n) is 8.44. The largest absolute Gasteiger partial charge is 0.493 e. The molecule has 1 nitrogen and oxygen atoms in total. The summed E-state index contributed by atoms with van der Waals surface area (Å²) in [5, 5.41) is 0. The zero-order valence-corrected chi connectivity index (χ0v) is 9.34. The van der Waals surface area contributed by atoms with Crippen molar-refractivity contribution in [3.63, 3.8) is 0 Å². The quantitative estimate of drug-likeness (QED) is 0.576. The molecule has 14 heavy (non-hydrogen) atoms. The van der Waals surface area contributed by atoms with E-state index in [-0.39, 0.29) is 0 Å². The first-order valence-electron chi connectivity index (χ1n) is 4.84. The van der Waals surface area contributed by atoms with Crippen molar-refractivity contribution < 1.29 is 4.74 Å². The Morgan fingerprint density at radius 1 is 1.36 bits per heavy atom. The van der Waals surface area contributed by atoms with Gasteiger partial charge in [-0.05, 0) is 25.2 Å². The van der Waals surface area contributed by atoms with E-state index in [1.807, 2.05) is 31.2 Å². The van der Waals surface area contributed by atoms with E-state index in [1.54, 1.807) is 0 Å². The van der Waals surface area contributed by atoms with Crippen molar-refractivity contribution in [3.8, 4) is 5.75 Å². The Balaban J connectivity index is 2.64. The summed E-state index contributed by atoms with van der Waals surface area (Å²) >= 11 is 4.14. The fourth-order valence-electron chi connectivity index (χ4n) is 1.18. The van der Waals surface area contributed by atoms with E-state index < -0.39 is 0 Å². The number of hydrogen-bond donors (Lipinski definition) is 1. The normalized spacial score (nSPS) is 10.7. The van der Waals surface area contributed by atoms with Crippen molar-refractivity contribution >= 4 is 18.7 Å². The Kier molecular flexibility index (Phi) is 5.23. The second-order valence-corrected chi connectivity index (χ2v) is 3.41. The summed E-state index contributed by atoms with van der Waals surface area (Å²) < 4.78 is 5.63. The van der Waals surface area contributed by atoms with Gasteiger partial charge >= 0.3 is 0 Å². The van der Waals surface area contributed by atoms with Crippen LogP contribution in [0.5, 0.6) is 5.75 Å². The van der Waals surface area contributed by atoms with E-state index >= 15 is 0 Å². The third-order valence-corrected chi connectivity index (χ3v) is 2.14. The lowest BCUT2D eigenvalue weighted by Gasteiger charge is -2.07. The van der Waals surface area contributed by atoms with E-state index in [9.17, 15) is 0 Å². The Morgan fingerprint density at radius 3 is 2.86 bits per heavy atom. The van der Waals surface area contributed by atoms with E-state index in [1.165, 1.54) is 0 Å². The third kappa shape index (κ3) is 3.46. The van der Waals surface area contributed by atoms with Crippen molar-refractivity contribution in [2.24, 2.45) is 0 Å². The molecule has 0 aromatic heterocycles. The van der Waals surface area contributed by atoms with Gasteiger partial charge < -0.3 is 4.74 Å². The van der Waals surface area contributed by atoms with Gasteiger partial charge in [-0.15, -0.1) is 0 Å². The molecule has 76 valence electrons. The lowest BCUT2D eigenvalue weighted by molar-refractivity contribution is 0.318. The predicted octanol–water partition coefficient (Wildman–Crippen LogP) is 3.42. The molecule has 0 unspecified atom stereocenters. The maximum Gasteiger partial charge on any atom is 0.126 e. The summed E-state index contributed by atoms with van der Waals surface area (Å²) in [5.74, 6) is 1.82. The minimum atomic E-state index is 0.734. The van der Waals surface area contributed by atoms with Crippen LogP contribution in [-0.4, -0.2) is 12.4 Å². The molecule has 1 aromatic carbocycles. The van der Waals surface area contributed by atoms with E-state index in [0.29, 0.717) is 0 Å². The molecule has 0 atom stereocenters. The van der Waals surface area contributed by atoms with Crippen LogP contribution in [-0.2, 0) is 0 Å². The second kappa shape index (κ2) is 6.55. The predicted molar refractivity (Wildman–Crippen MR) is 65.1 cm³/mol. The van der Waals surface area contributed by atoms with Crippen LogP contribution in [0.15, 0.2) is 30.3 Å². The molecule has 0 fully saturated rings. The number of ether oxygens (including phenoxy) is 1. The van der Waals surface area contributed by atoms with Crippen LogP contribution in [0.2, 0.25) is 0 Å². The summed E-state index contributed by atoms with van der Waals surface area (Å²) in [6.07, 6.45) is 5.05. The van der Waals surface area contributed by atoms with Gasteiger partial charge in [0, 0.05) is 5.56 Å². The van der Waals surface area contributed by atoms with Crippen LogP contribution >= 0.6 is 12.6 Å². The molecule has 1 aromatic rings. The van der Waals surface area contributed by atoms with Crippen LogP contribution in [0.4, 0.5) is 0 Å². The maximum atomic E-state index is 5.63. The molecule has 0 N–H and O–H groups in total. The molecule has 0 aliphatic rings. The molecule has 2 heteroatoms. The van der Waals surface area contributed by atoms with E-state index in [2.05, 4.69) is 24.8 Å². The molecule has 0 heterocycles. The number of benzene rings is 1. The topological polar surface area (TPSA) is 9.23 Å². The second-order valence-electron chi connectivity index (χ2n) is 2.96. The summed E-state index contributed by atoms with van der Waals surface area (Å²) in [6, 6.07) is 8.05. The molecule has 0 amide bonds. The van der Waals surface area contributed by atoms with Crippen molar-refractivity contribution in [2.45, 2.75) is 13.3 Å². The molecule has 0 aliphatic heterocycles. The number of rotatable bonds is 5. The van der Waals surface area contributed by atoms with Crippen LogP contribution < -0.4 is 4.74 Å². The lowest BCUT2D eigenvalue weighted by Crippen LogP contribution is -1.98. The molecular formula is C12H16OS. The van der Waals surface area contributed by atoms with Gasteiger partial charge in [-0.3, -0.25) is 0 Å². The van der Waals surface area contributed by atoms with E-state index in [0.717, 1.165) is 30.1 Å². The summed E-state index contributed by atoms with van der Waals surface area (Å²) in [5.41, 5.74) is 1.13. The molecule has 0 aliphatic carbocycles. The highest BCUT2D eigenvalue weighted by Gasteiger charge is 1.97. The Labute approximate surface area is 91.2 Å². The fraction of sp³-hybridized carbons (Fsp3) is 0.333. The van der Waals surface area contributed by atoms with E-state index in [4.69, 9.17) is 4.74 Å². The highest BCUT2D eigenvalue weighted by Crippen LogP contribution is 2.19. The Hall–Kier alpha value is -0.890. The van der Waals surface area contributed by atoms with Gasteiger partial charge in [0.05, 0.1) is 6.61 Å². The summed E-state index contributed by atoms with van der Waals surface area (Å²) in [6.45, 7) is 2.74. The Bertz CT molecular complexity index is 294. The average molecular weight is 208 g/mol. The molecule has 0 bridgehead atoms. The molecule has 0 radical (unpaired) electrons. The van der Waals surface area contributed by atoms with Crippen molar-refractivity contribution in [1.29, 1.82) is 0 Å². The average Bonchev–Trinajstić information content (AvgIpc) is 2.21. The number of allylic oxidation sites excluding steroid dienone is 1. The monoisotopic (exact) mass is 208 g/mol. The SMILES string of the molecule is CC=Cc1ccccc1OCCCS. The first-order valence-corrected chi connectivity index (χ1v) is 5.47. The molecule has 0 saturated heterocycles. The standard InChI is InChI=1S/C12H16OS/c1-2-6-11-7-3-4-8-12(11)13-9-5-10-14/h2-4,6-8,14H,5,9-10H2,1H3. The summed E-state index contributed by atoms with van der Waals surface area (Å²) in [4.78, 5) is 0. The van der Waals surface area contributed by atoms with Gasteiger partial charge in [-0.2, -0.15) is 12.6 Å². The van der Waals surface area contributed by atoms with Gasteiger partial charge in [0.25, 0.3) is 0 Å². The van der Waals surface area contributed by atoms with Crippen LogP contribution in [0.3, 0.4) is 0 Å².